The third kappa shape index (κ3) is 5.99. The van der Waals surface area contributed by atoms with Crippen molar-refractivity contribution in [2.75, 3.05) is 30.8 Å². The summed E-state index contributed by atoms with van der Waals surface area (Å²) >= 11 is 0. The van der Waals surface area contributed by atoms with E-state index in [1.54, 1.807) is 36.3 Å². The molecule has 1 amide bonds. The molecular weight excluding hydrogens is 432 g/mol. The fourth-order valence-corrected chi connectivity index (χ4v) is 4.92. The van der Waals surface area contributed by atoms with Crippen LogP contribution in [0.3, 0.4) is 0 Å². The first-order valence-corrected chi connectivity index (χ1v) is 12.3. The monoisotopic (exact) mass is 462 g/mol. The predicted molar refractivity (Wildman–Crippen MR) is 122 cm³/mol. The number of rotatable bonds is 10. The molecule has 0 radical (unpaired) electrons. The zero-order valence-corrected chi connectivity index (χ0v) is 19.2. The molecule has 2 aromatic carbocycles. The number of methoxy groups -OCH3 is 1. The SMILES string of the molecule is CCCCS(=O)(=O)Nc1ccc([C@H]2OCC(=O)N(Cc3ccc(OC)cc3)[C@@H]2CO)cc1. The Morgan fingerprint density at radius 3 is 2.44 bits per heavy atom. The number of aliphatic hydroxyl groups is 1. The largest absolute Gasteiger partial charge is 0.497 e. The van der Waals surface area contributed by atoms with Crippen molar-refractivity contribution in [1.29, 1.82) is 0 Å². The first-order chi connectivity index (χ1) is 15.4. The Bertz CT molecular complexity index is 992. The highest BCUT2D eigenvalue weighted by atomic mass is 32.2. The lowest BCUT2D eigenvalue weighted by Gasteiger charge is -2.40. The molecule has 0 bridgehead atoms. The number of sulfonamides is 1. The molecule has 1 saturated heterocycles. The van der Waals surface area contributed by atoms with E-state index in [1.165, 1.54) is 0 Å². The minimum absolute atomic E-state index is 0.0754. The van der Waals surface area contributed by atoms with Crippen LogP contribution < -0.4 is 9.46 Å². The van der Waals surface area contributed by atoms with Crippen molar-refractivity contribution in [2.24, 2.45) is 0 Å². The Morgan fingerprint density at radius 1 is 1.16 bits per heavy atom. The van der Waals surface area contributed by atoms with Crippen molar-refractivity contribution in [3.05, 3.63) is 59.7 Å². The molecule has 0 unspecified atom stereocenters. The van der Waals surface area contributed by atoms with Gasteiger partial charge in [0.25, 0.3) is 0 Å². The average Bonchev–Trinajstić information content (AvgIpc) is 2.80. The van der Waals surface area contributed by atoms with Crippen LogP contribution in [0, 0.1) is 0 Å². The standard InChI is InChI=1S/C23H30N2O6S/c1-3-4-13-32(28,29)24-19-9-7-18(8-10-19)23-21(15-26)25(22(27)16-31-23)14-17-5-11-20(30-2)12-6-17/h5-12,21,23-24,26H,3-4,13-16H2,1-2H3/t21-,23-/m1/s1. The average molecular weight is 463 g/mol. The highest BCUT2D eigenvalue weighted by Crippen LogP contribution is 2.31. The number of hydrogen-bond acceptors (Lipinski definition) is 6. The van der Waals surface area contributed by atoms with Crippen LogP contribution in [0.1, 0.15) is 37.0 Å². The predicted octanol–water partition coefficient (Wildman–Crippen LogP) is 2.70. The molecule has 174 valence electrons. The van der Waals surface area contributed by atoms with E-state index in [0.717, 1.165) is 23.3 Å². The first-order valence-electron chi connectivity index (χ1n) is 10.6. The molecule has 1 aliphatic rings. The lowest BCUT2D eigenvalue weighted by atomic mass is 9.98. The van der Waals surface area contributed by atoms with Crippen molar-refractivity contribution in [3.8, 4) is 5.75 Å². The van der Waals surface area contributed by atoms with Crippen LogP contribution in [0.5, 0.6) is 5.75 Å². The fourth-order valence-electron chi connectivity index (χ4n) is 3.65. The lowest BCUT2D eigenvalue weighted by molar-refractivity contribution is -0.162. The highest BCUT2D eigenvalue weighted by molar-refractivity contribution is 7.92. The van der Waals surface area contributed by atoms with Crippen LogP contribution >= 0.6 is 0 Å². The molecule has 0 aromatic heterocycles. The molecule has 9 heteroatoms. The van der Waals surface area contributed by atoms with Gasteiger partial charge in [-0.25, -0.2) is 8.42 Å². The fraction of sp³-hybridized carbons (Fsp3) is 0.435. The number of aliphatic hydroxyl groups excluding tert-OH is 1. The van der Waals surface area contributed by atoms with Crippen molar-refractivity contribution >= 4 is 21.6 Å². The summed E-state index contributed by atoms with van der Waals surface area (Å²) in [4.78, 5) is 14.2. The Balaban J connectivity index is 1.74. The van der Waals surface area contributed by atoms with Gasteiger partial charge in [-0.1, -0.05) is 37.6 Å². The zero-order chi connectivity index (χ0) is 23.1. The van der Waals surface area contributed by atoms with Gasteiger partial charge in [0, 0.05) is 12.2 Å². The van der Waals surface area contributed by atoms with Gasteiger partial charge in [0.05, 0.1) is 25.5 Å². The van der Waals surface area contributed by atoms with E-state index < -0.39 is 22.2 Å². The second-order valence-corrected chi connectivity index (χ2v) is 9.59. The van der Waals surface area contributed by atoms with Crippen molar-refractivity contribution in [3.63, 3.8) is 0 Å². The van der Waals surface area contributed by atoms with Crippen LogP contribution in [0.4, 0.5) is 5.69 Å². The second kappa shape index (κ2) is 10.8. The van der Waals surface area contributed by atoms with E-state index in [9.17, 15) is 18.3 Å². The third-order valence-electron chi connectivity index (χ3n) is 5.43. The maximum Gasteiger partial charge on any atom is 0.249 e. The van der Waals surface area contributed by atoms with Gasteiger partial charge < -0.3 is 19.5 Å². The van der Waals surface area contributed by atoms with Gasteiger partial charge in [0.2, 0.25) is 15.9 Å². The molecule has 2 N–H and O–H groups in total. The van der Waals surface area contributed by atoms with Crippen molar-refractivity contribution in [2.45, 2.75) is 38.5 Å². The number of carbonyl (C=O) groups is 1. The molecule has 1 aliphatic heterocycles. The molecule has 1 fully saturated rings. The van der Waals surface area contributed by atoms with E-state index in [0.29, 0.717) is 18.7 Å². The van der Waals surface area contributed by atoms with Gasteiger partial charge >= 0.3 is 0 Å². The van der Waals surface area contributed by atoms with Crippen LogP contribution in [0.15, 0.2) is 48.5 Å². The summed E-state index contributed by atoms with van der Waals surface area (Å²) in [7, 11) is -1.80. The normalized spacial score (nSPS) is 19.1. The molecule has 8 nitrogen and oxygen atoms in total. The number of anilines is 1. The number of nitrogens with zero attached hydrogens (tertiary/aromatic N) is 1. The van der Waals surface area contributed by atoms with Crippen LogP contribution in [-0.4, -0.2) is 56.4 Å². The highest BCUT2D eigenvalue weighted by Gasteiger charge is 2.37. The van der Waals surface area contributed by atoms with Crippen molar-refractivity contribution < 1.29 is 27.8 Å². The van der Waals surface area contributed by atoms with Gasteiger partial charge in [-0.05, 0) is 41.8 Å². The van der Waals surface area contributed by atoms with E-state index >= 15 is 0 Å². The molecule has 2 atom stereocenters. The van der Waals surface area contributed by atoms with E-state index in [-0.39, 0.29) is 24.9 Å². The quantitative estimate of drug-likeness (QED) is 0.563. The maximum atomic E-state index is 12.6. The molecule has 0 saturated carbocycles. The van der Waals surface area contributed by atoms with E-state index in [2.05, 4.69) is 4.72 Å². The molecule has 3 rings (SSSR count). The summed E-state index contributed by atoms with van der Waals surface area (Å²) in [5, 5.41) is 10.1. The number of amides is 1. The molecule has 1 heterocycles. The van der Waals surface area contributed by atoms with Crippen LogP contribution in [-0.2, 0) is 26.1 Å². The Kier molecular flexibility index (Phi) is 8.11. The summed E-state index contributed by atoms with van der Waals surface area (Å²) in [6, 6.07) is 13.7. The van der Waals surface area contributed by atoms with Gasteiger partial charge in [-0.2, -0.15) is 0 Å². The lowest BCUT2D eigenvalue weighted by Crippen LogP contribution is -2.52. The number of hydrogen-bond donors (Lipinski definition) is 2. The molecule has 0 aliphatic carbocycles. The topological polar surface area (TPSA) is 105 Å². The zero-order valence-electron chi connectivity index (χ0n) is 18.4. The second-order valence-electron chi connectivity index (χ2n) is 7.75. The number of carbonyl (C=O) groups excluding carboxylic acids is 1. The number of benzene rings is 2. The Labute approximate surface area is 189 Å². The number of unbranched alkanes of at least 4 members (excludes halogenated alkanes) is 1. The smallest absolute Gasteiger partial charge is 0.249 e. The summed E-state index contributed by atoms with van der Waals surface area (Å²) in [5.74, 6) is 0.604. The Morgan fingerprint density at radius 2 is 1.84 bits per heavy atom. The van der Waals surface area contributed by atoms with Crippen molar-refractivity contribution in [1.82, 2.24) is 4.90 Å². The Hall–Kier alpha value is -2.62. The molecule has 0 spiro atoms. The molecule has 2 aromatic rings. The first kappa shape index (κ1) is 24.0. The van der Waals surface area contributed by atoms with Gasteiger partial charge in [0.1, 0.15) is 18.5 Å². The minimum Gasteiger partial charge on any atom is -0.497 e. The summed E-state index contributed by atoms with van der Waals surface area (Å²) in [6.45, 7) is 1.92. The van der Waals surface area contributed by atoms with Gasteiger partial charge in [0.15, 0.2) is 0 Å². The summed E-state index contributed by atoms with van der Waals surface area (Å²) < 4.78 is 37.7. The van der Waals surface area contributed by atoms with E-state index in [4.69, 9.17) is 9.47 Å². The molecular formula is C23H30N2O6S. The summed E-state index contributed by atoms with van der Waals surface area (Å²) in [6.07, 6.45) is 0.869. The number of ether oxygens (including phenoxy) is 2. The third-order valence-corrected chi connectivity index (χ3v) is 6.81. The minimum atomic E-state index is -3.39. The summed E-state index contributed by atoms with van der Waals surface area (Å²) in [5.41, 5.74) is 2.13. The van der Waals surface area contributed by atoms with Crippen LogP contribution in [0.25, 0.3) is 0 Å². The number of morpholine rings is 1. The molecule has 32 heavy (non-hydrogen) atoms. The van der Waals surface area contributed by atoms with Gasteiger partial charge in [-0.15, -0.1) is 0 Å². The van der Waals surface area contributed by atoms with Gasteiger partial charge in [-0.3, -0.25) is 9.52 Å². The number of nitrogens with one attached hydrogen (secondary N) is 1. The maximum absolute atomic E-state index is 12.6. The van der Waals surface area contributed by atoms with Crippen LogP contribution in [0.2, 0.25) is 0 Å². The van der Waals surface area contributed by atoms with E-state index in [1.807, 2.05) is 31.2 Å².